The molecular weight excluding hydrogens is 300 g/mol. The van der Waals surface area contributed by atoms with E-state index in [2.05, 4.69) is 47.8 Å². The van der Waals surface area contributed by atoms with Crippen LogP contribution >= 0.6 is 0 Å². The van der Waals surface area contributed by atoms with Gasteiger partial charge >= 0.3 is 0 Å². The zero-order valence-corrected chi connectivity index (χ0v) is 14.8. The van der Waals surface area contributed by atoms with Gasteiger partial charge in [0.05, 0.1) is 0 Å². The third-order valence-corrected chi connectivity index (χ3v) is 4.94. The van der Waals surface area contributed by atoms with Gasteiger partial charge in [-0.3, -0.25) is 14.7 Å². The number of anilines is 1. The maximum Gasteiger partial charge on any atom is 0.227 e. The molecule has 0 spiro atoms. The molecule has 5 heteroatoms. The van der Waals surface area contributed by atoms with Crippen LogP contribution in [-0.4, -0.2) is 20.4 Å². The van der Waals surface area contributed by atoms with Gasteiger partial charge < -0.3 is 0 Å². The fourth-order valence-corrected chi connectivity index (χ4v) is 3.32. The van der Waals surface area contributed by atoms with E-state index >= 15 is 0 Å². The fourth-order valence-electron chi connectivity index (χ4n) is 3.32. The Morgan fingerprint density at radius 1 is 1.21 bits per heavy atom. The van der Waals surface area contributed by atoms with E-state index < -0.39 is 0 Å². The van der Waals surface area contributed by atoms with Crippen LogP contribution in [0.15, 0.2) is 12.1 Å². The quantitative estimate of drug-likeness (QED) is 0.905. The first kappa shape index (κ1) is 15.6. The van der Waals surface area contributed by atoms with Crippen molar-refractivity contribution in [3.63, 3.8) is 0 Å². The molecule has 0 atom stereocenters. The topological polar surface area (TPSA) is 59.8 Å². The van der Waals surface area contributed by atoms with Crippen molar-refractivity contribution in [1.82, 2.24) is 14.5 Å². The third-order valence-electron chi connectivity index (χ3n) is 4.94. The number of nitrogens with zero attached hydrogens (tertiary/aromatic N) is 3. The number of hydrogen-bond donors (Lipinski definition) is 1. The third kappa shape index (κ3) is 3.04. The van der Waals surface area contributed by atoms with Crippen molar-refractivity contribution in [2.75, 3.05) is 5.32 Å². The number of carbonyl (C=O) groups is 1. The predicted octanol–water partition coefficient (Wildman–Crippen LogP) is 4.41. The lowest BCUT2D eigenvalue weighted by Gasteiger charge is -2.28. The number of pyridine rings is 1. The number of carbonyl (C=O) groups excluding carboxylic acids is 1. The number of hydrogen-bond acceptors (Lipinski definition) is 3. The molecule has 0 aromatic carbocycles. The largest absolute Gasteiger partial charge is 0.296 e. The Balaban J connectivity index is 1.69. The minimum atomic E-state index is -0.0329. The summed E-state index contributed by atoms with van der Waals surface area (Å²) in [7, 11) is 0. The molecule has 4 rings (SSSR count). The van der Waals surface area contributed by atoms with E-state index in [1.54, 1.807) is 0 Å². The SMILES string of the molecule is CC(C)(C)CC(=O)Nc1nc2ccc(C3CC3)nc2n1C1CCC1. The number of aromatic nitrogens is 3. The minimum Gasteiger partial charge on any atom is -0.296 e. The Morgan fingerprint density at radius 2 is 1.96 bits per heavy atom. The Morgan fingerprint density at radius 3 is 2.54 bits per heavy atom. The summed E-state index contributed by atoms with van der Waals surface area (Å²) in [4.78, 5) is 22.0. The maximum absolute atomic E-state index is 12.4. The maximum atomic E-state index is 12.4. The number of amides is 1. The molecule has 0 saturated heterocycles. The van der Waals surface area contributed by atoms with Crippen molar-refractivity contribution in [2.24, 2.45) is 5.41 Å². The lowest BCUT2D eigenvalue weighted by atomic mass is 9.92. The fraction of sp³-hybridized carbons (Fsp3) is 0.632. The van der Waals surface area contributed by atoms with E-state index in [0.29, 0.717) is 24.3 Å². The molecule has 5 nitrogen and oxygen atoms in total. The summed E-state index contributed by atoms with van der Waals surface area (Å²) in [6, 6.07) is 4.57. The molecule has 2 aliphatic rings. The van der Waals surface area contributed by atoms with Gasteiger partial charge in [0.2, 0.25) is 11.9 Å². The second-order valence-corrected chi connectivity index (χ2v) is 8.53. The van der Waals surface area contributed by atoms with Gasteiger partial charge in [0.15, 0.2) is 5.65 Å². The van der Waals surface area contributed by atoms with Crippen LogP contribution in [-0.2, 0) is 4.79 Å². The van der Waals surface area contributed by atoms with Gasteiger partial charge in [-0.1, -0.05) is 20.8 Å². The van der Waals surface area contributed by atoms with Crippen LogP contribution < -0.4 is 5.32 Å². The summed E-state index contributed by atoms with van der Waals surface area (Å²) >= 11 is 0. The van der Waals surface area contributed by atoms with E-state index in [4.69, 9.17) is 4.98 Å². The monoisotopic (exact) mass is 326 g/mol. The molecule has 0 bridgehead atoms. The Bertz CT molecular complexity index is 778. The minimum absolute atomic E-state index is 0.0285. The Hall–Kier alpha value is -1.91. The van der Waals surface area contributed by atoms with Crippen molar-refractivity contribution in [2.45, 2.75) is 71.3 Å². The summed E-state index contributed by atoms with van der Waals surface area (Å²) in [5.41, 5.74) is 2.97. The van der Waals surface area contributed by atoms with Crippen LogP contribution in [0.25, 0.3) is 11.2 Å². The van der Waals surface area contributed by atoms with Crippen molar-refractivity contribution in [1.29, 1.82) is 0 Å². The summed E-state index contributed by atoms with van der Waals surface area (Å²) in [5, 5.41) is 3.04. The second kappa shape index (κ2) is 5.57. The van der Waals surface area contributed by atoms with Crippen LogP contribution in [0.4, 0.5) is 5.95 Å². The first-order valence-electron chi connectivity index (χ1n) is 9.09. The lowest BCUT2D eigenvalue weighted by Crippen LogP contribution is -2.24. The van der Waals surface area contributed by atoms with Gasteiger partial charge in [0.1, 0.15) is 5.52 Å². The molecule has 128 valence electrons. The Labute approximate surface area is 142 Å². The molecule has 2 fully saturated rings. The van der Waals surface area contributed by atoms with Crippen LogP contribution in [0.1, 0.15) is 76.9 Å². The number of rotatable bonds is 4. The van der Waals surface area contributed by atoms with E-state index in [0.717, 1.165) is 24.0 Å². The van der Waals surface area contributed by atoms with Crippen LogP contribution in [0.2, 0.25) is 0 Å². The zero-order valence-electron chi connectivity index (χ0n) is 14.8. The van der Waals surface area contributed by atoms with Gasteiger partial charge in [0.25, 0.3) is 0 Å². The summed E-state index contributed by atoms with van der Waals surface area (Å²) in [5.74, 6) is 1.32. The highest BCUT2D eigenvalue weighted by molar-refractivity contribution is 5.91. The van der Waals surface area contributed by atoms with E-state index in [9.17, 15) is 4.79 Å². The van der Waals surface area contributed by atoms with E-state index in [1.807, 2.05) is 0 Å². The molecule has 2 aliphatic carbocycles. The van der Waals surface area contributed by atoms with Crippen LogP contribution in [0.5, 0.6) is 0 Å². The summed E-state index contributed by atoms with van der Waals surface area (Å²) in [6.07, 6.45) is 6.49. The van der Waals surface area contributed by atoms with Gasteiger partial charge in [-0.05, 0) is 49.7 Å². The Kier molecular flexibility index (Phi) is 3.62. The second-order valence-electron chi connectivity index (χ2n) is 8.53. The number of nitrogens with one attached hydrogen (secondary N) is 1. The summed E-state index contributed by atoms with van der Waals surface area (Å²) in [6.45, 7) is 6.22. The number of fused-ring (bicyclic) bond motifs is 1. The molecule has 2 aromatic rings. The number of imidazole rings is 1. The van der Waals surface area contributed by atoms with Gasteiger partial charge in [-0.2, -0.15) is 0 Å². The van der Waals surface area contributed by atoms with Crippen molar-refractivity contribution >= 4 is 23.0 Å². The van der Waals surface area contributed by atoms with Crippen molar-refractivity contribution in [3.05, 3.63) is 17.8 Å². The van der Waals surface area contributed by atoms with Crippen LogP contribution in [0.3, 0.4) is 0 Å². The lowest BCUT2D eigenvalue weighted by molar-refractivity contribution is -0.117. The molecular formula is C19H26N4O. The van der Waals surface area contributed by atoms with Crippen LogP contribution in [0, 0.1) is 5.41 Å². The van der Waals surface area contributed by atoms with Crippen molar-refractivity contribution < 1.29 is 4.79 Å². The highest BCUT2D eigenvalue weighted by atomic mass is 16.1. The van der Waals surface area contributed by atoms with E-state index in [1.165, 1.54) is 25.0 Å². The molecule has 1 amide bonds. The average Bonchev–Trinajstić information content (AvgIpc) is 3.20. The normalized spacial score (nSPS) is 18.6. The summed E-state index contributed by atoms with van der Waals surface area (Å²) < 4.78 is 2.17. The molecule has 2 heterocycles. The van der Waals surface area contributed by atoms with Gasteiger partial charge in [-0.25, -0.2) is 9.97 Å². The van der Waals surface area contributed by atoms with E-state index in [-0.39, 0.29) is 11.3 Å². The average molecular weight is 326 g/mol. The highest BCUT2D eigenvalue weighted by Gasteiger charge is 2.29. The predicted molar refractivity (Wildman–Crippen MR) is 95.1 cm³/mol. The molecule has 0 aliphatic heterocycles. The molecule has 24 heavy (non-hydrogen) atoms. The standard InChI is InChI=1S/C19H26N4O/c1-19(2,3)11-16(24)22-18-21-15-10-9-14(12-7-8-12)20-17(15)23(18)13-5-4-6-13/h9-10,12-13H,4-8,11H2,1-3H3,(H,21,22,24). The molecule has 0 radical (unpaired) electrons. The molecule has 1 N–H and O–H groups in total. The molecule has 2 aromatic heterocycles. The molecule has 0 unspecified atom stereocenters. The zero-order chi connectivity index (χ0) is 16.9. The first-order chi connectivity index (χ1) is 11.4. The molecule has 2 saturated carbocycles. The van der Waals surface area contributed by atoms with Crippen molar-refractivity contribution in [3.8, 4) is 0 Å². The first-order valence-corrected chi connectivity index (χ1v) is 9.09. The smallest absolute Gasteiger partial charge is 0.227 e. The highest BCUT2D eigenvalue weighted by Crippen LogP contribution is 2.41. The van der Waals surface area contributed by atoms with Gasteiger partial charge in [-0.15, -0.1) is 0 Å². The van der Waals surface area contributed by atoms with Gasteiger partial charge in [0, 0.05) is 24.1 Å².